The summed E-state index contributed by atoms with van der Waals surface area (Å²) in [5.74, 6) is 0.122. The molecule has 3 rings (SSSR count). The van der Waals surface area contributed by atoms with E-state index >= 15 is 0 Å². The van der Waals surface area contributed by atoms with Gasteiger partial charge in [0.1, 0.15) is 11.4 Å². The fourth-order valence-corrected chi connectivity index (χ4v) is 4.90. The van der Waals surface area contributed by atoms with Gasteiger partial charge in [-0.15, -0.1) is 11.3 Å². The van der Waals surface area contributed by atoms with Crippen LogP contribution in [0.25, 0.3) is 10.4 Å². The Balaban J connectivity index is 1.56. The highest BCUT2D eigenvalue weighted by atomic mass is 32.1. The summed E-state index contributed by atoms with van der Waals surface area (Å²) in [5.41, 5.74) is 1.44. The van der Waals surface area contributed by atoms with Gasteiger partial charge in [-0.3, -0.25) is 4.79 Å². The number of thiophene rings is 1. The van der Waals surface area contributed by atoms with Crippen molar-refractivity contribution in [1.29, 1.82) is 0 Å². The lowest BCUT2D eigenvalue weighted by Crippen LogP contribution is -2.42. The topological polar surface area (TPSA) is 49.9 Å². The van der Waals surface area contributed by atoms with Gasteiger partial charge in [-0.1, -0.05) is 12.1 Å². The Hall–Kier alpha value is -2.41. The van der Waals surface area contributed by atoms with Crippen LogP contribution in [-0.4, -0.2) is 54.1 Å². The number of piperidine rings is 1. The minimum Gasteiger partial charge on any atom is -0.444 e. The molecule has 2 amide bonds. The molecule has 0 aliphatic carbocycles. The normalized spacial score (nSPS) is 15.1. The number of aryl methyl sites for hydroxylation is 1. The molecule has 1 saturated heterocycles. The predicted molar refractivity (Wildman–Crippen MR) is 122 cm³/mol. The highest BCUT2D eigenvalue weighted by Gasteiger charge is 2.28. The number of hydrogen-bond donors (Lipinski definition) is 0. The summed E-state index contributed by atoms with van der Waals surface area (Å²) in [7, 11) is 1.76. The van der Waals surface area contributed by atoms with Gasteiger partial charge >= 0.3 is 6.09 Å². The summed E-state index contributed by atoms with van der Waals surface area (Å²) in [6.07, 6.45) is 1.40. The van der Waals surface area contributed by atoms with Gasteiger partial charge in [0.25, 0.3) is 5.91 Å². The standard InChI is InChI=1S/C24H31FN2O3S/c1-16-14-20(31-21(16)18-6-8-19(25)9-7-18)22(28)27-12-10-17(11-13-27)15-26(5)23(29)30-24(2,3)4/h6-9,14,17H,10-13,15H2,1-5H3. The maximum absolute atomic E-state index is 13.2. The van der Waals surface area contributed by atoms with Crippen LogP contribution in [0.1, 0.15) is 48.8 Å². The Kier molecular flexibility index (Phi) is 7.04. The second-order valence-electron chi connectivity index (χ2n) is 9.23. The third-order valence-corrected chi connectivity index (χ3v) is 6.65. The summed E-state index contributed by atoms with van der Waals surface area (Å²) >= 11 is 1.46. The Bertz CT molecular complexity index is 925. The molecule has 0 saturated carbocycles. The number of halogens is 1. The molecule has 1 aliphatic heterocycles. The largest absolute Gasteiger partial charge is 0.444 e. The van der Waals surface area contributed by atoms with E-state index in [0.29, 0.717) is 30.4 Å². The van der Waals surface area contributed by atoms with Crippen molar-refractivity contribution < 1.29 is 18.7 Å². The molecule has 2 heterocycles. The summed E-state index contributed by atoms with van der Waals surface area (Å²) in [5, 5.41) is 0. The minimum atomic E-state index is -0.507. The number of carbonyl (C=O) groups excluding carboxylic acids is 2. The van der Waals surface area contributed by atoms with Gasteiger partial charge in [-0.25, -0.2) is 9.18 Å². The zero-order chi connectivity index (χ0) is 22.8. The number of rotatable bonds is 4. The van der Waals surface area contributed by atoms with Crippen molar-refractivity contribution in [1.82, 2.24) is 9.80 Å². The number of nitrogens with zero attached hydrogens (tertiary/aromatic N) is 2. The first-order chi connectivity index (χ1) is 14.5. The highest BCUT2D eigenvalue weighted by molar-refractivity contribution is 7.17. The lowest BCUT2D eigenvalue weighted by Gasteiger charge is -2.34. The van der Waals surface area contributed by atoms with Gasteiger partial charge in [0.05, 0.1) is 4.88 Å². The fraction of sp³-hybridized carbons (Fsp3) is 0.500. The van der Waals surface area contributed by atoms with Crippen molar-refractivity contribution in [2.24, 2.45) is 5.92 Å². The lowest BCUT2D eigenvalue weighted by molar-refractivity contribution is 0.0246. The summed E-state index contributed by atoms with van der Waals surface area (Å²) in [4.78, 5) is 30.4. The average molecular weight is 447 g/mol. The van der Waals surface area contributed by atoms with Crippen LogP contribution in [0.4, 0.5) is 9.18 Å². The van der Waals surface area contributed by atoms with E-state index in [2.05, 4.69) is 0 Å². The summed E-state index contributed by atoms with van der Waals surface area (Å²) in [6.45, 7) is 9.53. The molecule has 168 valence electrons. The van der Waals surface area contributed by atoms with Crippen LogP contribution in [0.15, 0.2) is 30.3 Å². The van der Waals surface area contributed by atoms with Crippen LogP contribution in [0, 0.1) is 18.7 Å². The number of ether oxygens (including phenoxy) is 1. The molecule has 1 aliphatic rings. The molecule has 1 aromatic heterocycles. The first kappa shape index (κ1) is 23.3. The summed E-state index contributed by atoms with van der Waals surface area (Å²) < 4.78 is 18.6. The van der Waals surface area contributed by atoms with E-state index in [0.717, 1.165) is 28.8 Å². The molecular formula is C24H31FN2O3S. The molecular weight excluding hydrogens is 415 g/mol. The molecule has 0 unspecified atom stereocenters. The molecule has 1 aromatic carbocycles. The van der Waals surface area contributed by atoms with Crippen molar-refractivity contribution in [3.05, 3.63) is 46.6 Å². The van der Waals surface area contributed by atoms with Gasteiger partial charge in [-0.2, -0.15) is 0 Å². The number of likely N-dealkylation sites (tertiary alicyclic amines) is 1. The van der Waals surface area contributed by atoms with Crippen LogP contribution in [-0.2, 0) is 4.74 Å². The van der Waals surface area contributed by atoms with Crippen molar-refractivity contribution in [2.45, 2.75) is 46.1 Å². The van der Waals surface area contributed by atoms with Crippen LogP contribution in [0.5, 0.6) is 0 Å². The smallest absolute Gasteiger partial charge is 0.410 e. The molecule has 2 aromatic rings. The van der Waals surface area contributed by atoms with Crippen LogP contribution < -0.4 is 0 Å². The van der Waals surface area contributed by atoms with Crippen LogP contribution in [0.2, 0.25) is 0 Å². The third kappa shape index (κ3) is 6.06. The molecule has 5 nitrogen and oxygen atoms in total. The first-order valence-electron chi connectivity index (χ1n) is 10.6. The third-order valence-electron chi connectivity index (χ3n) is 5.37. The highest BCUT2D eigenvalue weighted by Crippen LogP contribution is 2.33. The molecule has 0 bridgehead atoms. The summed E-state index contributed by atoms with van der Waals surface area (Å²) in [6, 6.07) is 8.29. The van der Waals surface area contributed by atoms with E-state index in [1.165, 1.54) is 23.5 Å². The molecule has 31 heavy (non-hydrogen) atoms. The van der Waals surface area contributed by atoms with Crippen molar-refractivity contribution in [3.8, 4) is 10.4 Å². The zero-order valence-corrected chi connectivity index (χ0v) is 19.7. The van der Waals surface area contributed by atoms with Gasteiger partial charge in [0.15, 0.2) is 0 Å². The molecule has 0 radical (unpaired) electrons. The van der Waals surface area contributed by atoms with Crippen molar-refractivity contribution in [2.75, 3.05) is 26.7 Å². The Morgan fingerprint density at radius 2 is 1.81 bits per heavy atom. The first-order valence-corrected chi connectivity index (χ1v) is 11.4. The fourth-order valence-electron chi connectivity index (χ4n) is 3.75. The maximum atomic E-state index is 13.2. The average Bonchev–Trinajstić information content (AvgIpc) is 3.09. The SMILES string of the molecule is Cc1cc(C(=O)N2CCC(CN(C)C(=O)OC(C)(C)C)CC2)sc1-c1ccc(F)cc1. The quantitative estimate of drug-likeness (QED) is 0.616. The van der Waals surface area contributed by atoms with Gasteiger partial charge in [0.2, 0.25) is 0 Å². The minimum absolute atomic E-state index is 0.0420. The number of hydrogen-bond acceptors (Lipinski definition) is 4. The van der Waals surface area contributed by atoms with E-state index in [1.54, 1.807) is 24.1 Å². The van der Waals surface area contributed by atoms with E-state index in [9.17, 15) is 14.0 Å². The monoisotopic (exact) mass is 446 g/mol. The number of carbonyl (C=O) groups is 2. The van der Waals surface area contributed by atoms with E-state index in [4.69, 9.17) is 4.74 Å². The number of benzene rings is 1. The molecule has 0 atom stereocenters. The second kappa shape index (κ2) is 9.39. The Labute approximate surface area is 187 Å². The van der Waals surface area contributed by atoms with Crippen molar-refractivity contribution >= 4 is 23.3 Å². The molecule has 7 heteroatoms. The van der Waals surface area contributed by atoms with Gasteiger partial charge in [0, 0.05) is 31.6 Å². The van der Waals surface area contributed by atoms with Crippen LogP contribution >= 0.6 is 11.3 Å². The number of amides is 2. The van der Waals surface area contributed by atoms with Gasteiger partial charge < -0.3 is 14.5 Å². The molecule has 0 N–H and O–H groups in total. The lowest BCUT2D eigenvalue weighted by atomic mass is 9.96. The molecule has 0 spiro atoms. The Morgan fingerprint density at radius 3 is 2.39 bits per heavy atom. The zero-order valence-electron chi connectivity index (χ0n) is 18.9. The Morgan fingerprint density at radius 1 is 1.19 bits per heavy atom. The van der Waals surface area contributed by atoms with Crippen molar-refractivity contribution in [3.63, 3.8) is 0 Å². The predicted octanol–water partition coefficient (Wildman–Crippen LogP) is 5.58. The van der Waals surface area contributed by atoms with E-state index in [-0.39, 0.29) is 17.8 Å². The molecule has 1 fully saturated rings. The van der Waals surface area contributed by atoms with Gasteiger partial charge in [-0.05, 0) is 75.8 Å². The van der Waals surface area contributed by atoms with E-state index in [1.807, 2.05) is 38.7 Å². The van der Waals surface area contributed by atoms with Crippen LogP contribution in [0.3, 0.4) is 0 Å². The second-order valence-corrected chi connectivity index (χ2v) is 10.3. The maximum Gasteiger partial charge on any atom is 0.410 e. The van der Waals surface area contributed by atoms with E-state index < -0.39 is 5.60 Å².